The van der Waals surface area contributed by atoms with E-state index in [2.05, 4.69) is 29.4 Å². The summed E-state index contributed by atoms with van der Waals surface area (Å²) in [7, 11) is 0. The van der Waals surface area contributed by atoms with Crippen LogP contribution in [0.25, 0.3) is 0 Å². The number of benzene rings is 1. The molecule has 0 unspecified atom stereocenters. The van der Waals surface area contributed by atoms with Gasteiger partial charge in [0.15, 0.2) is 11.0 Å². The number of carbonyl (C=O) groups excluding carboxylic acids is 1. The number of nitrogens with zero attached hydrogens (tertiary/aromatic N) is 3. The lowest BCUT2D eigenvalue weighted by Crippen LogP contribution is -2.25. The third kappa shape index (κ3) is 4.99. The third-order valence-corrected chi connectivity index (χ3v) is 6.16. The minimum atomic E-state index is -0.219. The van der Waals surface area contributed by atoms with Gasteiger partial charge in [0.2, 0.25) is 0 Å². The van der Waals surface area contributed by atoms with Crippen LogP contribution in [0.3, 0.4) is 0 Å². The first kappa shape index (κ1) is 20.5. The van der Waals surface area contributed by atoms with Crippen LogP contribution >= 0.6 is 23.1 Å². The van der Waals surface area contributed by atoms with Crippen molar-refractivity contribution >= 4 is 29.0 Å². The number of aromatic nitrogens is 3. The highest BCUT2D eigenvalue weighted by Crippen LogP contribution is 2.24. The molecule has 0 spiro atoms. The molecule has 0 aliphatic heterocycles. The summed E-state index contributed by atoms with van der Waals surface area (Å²) in [6, 6.07) is 8.67. The molecule has 3 rings (SSSR count). The number of thiophene rings is 1. The maximum absolute atomic E-state index is 13.9. The molecule has 1 N–H and O–H groups in total. The highest BCUT2D eigenvalue weighted by Gasteiger charge is 2.17. The number of rotatable bonds is 8. The summed E-state index contributed by atoms with van der Waals surface area (Å²) in [6.45, 7) is 7.18. The Morgan fingerprint density at radius 2 is 2.07 bits per heavy atom. The summed E-state index contributed by atoms with van der Waals surface area (Å²) in [5.41, 5.74) is 1.60. The van der Waals surface area contributed by atoms with Crippen molar-refractivity contribution in [3.05, 3.63) is 63.4 Å². The van der Waals surface area contributed by atoms with Crippen LogP contribution in [0.1, 0.15) is 40.5 Å². The Morgan fingerprint density at radius 3 is 2.75 bits per heavy atom. The maximum Gasteiger partial charge on any atom is 0.261 e. The second kappa shape index (κ2) is 9.34. The van der Waals surface area contributed by atoms with Gasteiger partial charge in [0.1, 0.15) is 5.82 Å². The minimum absolute atomic E-state index is 0.104. The van der Waals surface area contributed by atoms with Crippen molar-refractivity contribution in [2.75, 3.05) is 0 Å². The van der Waals surface area contributed by atoms with Crippen LogP contribution in [0, 0.1) is 18.7 Å². The first-order chi connectivity index (χ1) is 13.5. The molecule has 0 bridgehead atoms. The molecule has 0 radical (unpaired) electrons. The van der Waals surface area contributed by atoms with Gasteiger partial charge in [-0.3, -0.25) is 4.79 Å². The minimum Gasteiger partial charge on any atom is -0.344 e. The van der Waals surface area contributed by atoms with Gasteiger partial charge in [0.25, 0.3) is 5.91 Å². The van der Waals surface area contributed by atoms with Crippen molar-refractivity contribution in [3.8, 4) is 0 Å². The predicted molar refractivity (Wildman–Crippen MR) is 111 cm³/mol. The lowest BCUT2D eigenvalue weighted by atomic mass is 10.2. The molecule has 1 aromatic carbocycles. The Kier molecular flexibility index (Phi) is 6.85. The zero-order valence-corrected chi connectivity index (χ0v) is 17.7. The SMILES string of the molecule is Cc1ccsc1C(=O)NCc1nnc(SCc2ccccc2F)n1CC(C)C. The van der Waals surface area contributed by atoms with Gasteiger partial charge < -0.3 is 9.88 Å². The zero-order valence-electron chi connectivity index (χ0n) is 16.1. The monoisotopic (exact) mass is 418 g/mol. The van der Waals surface area contributed by atoms with E-state index in [-0.39, 0.29) is 11.7 Å². The summed E-state index contributed by atoms with van der Waals surface area (Å²) >= 11 is 2.88. The van der Waals surface area contributed by atoms with Crippen molar-refractivity contribution < 1.29 is 9.18 Å². The number of hydrogen-bond acceptors (Lipinski definition) is 5. The number of hydrogen-bond donors (Lipinski definition) is 1. The molecule has 2 heterocycles. The highest BCUT2D eigenvalue weighted by atomic mass is 32.2. The molecule has 0 aliphatic rings. The molecule has 2 aromatic heterocycles. The van der Waals surface area contributed by atoms with Gasteiger partial charge in [0, 0.05) is 12.3 Å². The highest BCUT2D eigenvalue weighted by molar-refractivity contribution is 7.98. The van der Waals surface area contributed by atoms with Gasteiger partial charge in [-0.2, -0.15) is 0 Å². The average Bonchev–Trinajstić information content (AvgIpc) is 3.25. The van der Waals surface area contributed by atoms with Crippen LogP contribution < -0.4 is 5.32 Å². The van der Waals surface area contributed by atoms with E-state index in [1.54, 1.807) is 12.1 Å². The predicted octanol–water partition coefficient (Wildman–Crippen LogP) is 4.67. The Labute approximate surface area is 172 Å². The lowest BCUT2D eigenvalue weighted by Gasteiger charge is -2.13. The van der Waals surface area contributed by atoms with Crippen LogP contribution in [0.4, 0.5) is 4.39 Å². The molecule has 5 nitrogen and oxygen atoms in total. The van der Waals surface area contributed by atoms with Crippen molar-refractivity contribution in [2.45, 2.75) is 44.8 Å². The average molecular weight is 419 g/mol. The molecule has 148 valence electrons. The topological polar surface area (TPSA) is 59.8 Å². The van der Waals surface area contributed by atoms with Gasteiger partial charge in [0.05, 0.1) is 11.4 Å². The fourth-order valence-corrected chi connectivity index (χ4v) is 4.50. The molecule has 0 aliphatic carbocycles. The quantitative estimate of drug-likeness (QED) is 0.540. The molecule has 3 aromatic rings. The number of thioether (sulfide) groups is 1. The fourth-order valence-electron chi connectivity index (χ4n) is 2.71. The zero-order chi connectivity index (χ0) is 20.1. The fraction of sp³-hybridized carbons (Fsp3) is 0.350. The number of carbonyl (C=O) groups is 1. The van der Waals surface area contributed by atoms with Crippen LogP contribution in [-0.4, -0.2) is 20.7 Å². The lowest BCUT2D eigenvalue weighted by molar-refractivity contribution is 0.0953. The molecule has 0 atom stereocenters. The van der Waals surface area contributed by atoms with E-state index in [0.717, 1.165) is 17.3 Å². The molecule has 0 saturated carbocycles. The van der Waals surface area contributed by atoms with Crippen LogP contribution in [0.15, 0.2) is 40.9 Å². The van der Waals surface area contributed by atoms with Gasteiger partial charge in [-0.25, -0.2) is 4.39 Å². The smallest absolute Gasteiger partial charge is 0.261 e. The van der Waals surface area contributed by atoms with Gasteiger partial charge in [-0.1, -0.05) is 43.8 Å². The van der Waals surface area contributed by atoms with E-state index in [4.69, 9.17) is 0 Å². The summed E-state index contributed by atoms with van der Waals surface area (Å²) in [4.78, 5) is 13.1. The standard InChI is InChI=1S/C20H23FN4OS2/c1-13(2)11-25-17(10-22-19(26)18-14(3)8-9-27-18)23-24-20(25)28-12-15-6-4-5-7-16(15)21/h4-9,13H,10-12H2,1-3H3,(H,22,26). The molecule has 8 heteroatoms. The molecular weight excluding hydrogens is 395 g/mol. The number of nitrogens with one attached hydrogen (secondary N) is 1. The van der Waals surface area contributed by atoms with Crippen molar-refractivity contribution in [1.82, 2.24) is 20.1 Å². The van der Waals surface area contributed by atoms with E-state index < -0.39 is 0 Å². The Morgan fingerprint density at radius 1 is 1.29 bits per heavy atom. The van der Waals surface area contributed by atoms with Crippen molar-refractivity contribution in [3.63, 3.8) is 0 Å². The number of aryl methyl sites for hydroxylation is 1. The van der Waals surface area contributed by atoms with E-state index in [1.807, 2.05) is 29.0 Å². The normalized spacial score (nSPS) is 11.2. The van der Waals surface area contributed by atoms with Gasteiger partial charge in [-0.05, 0) is 41.5 Å². The van der Waals surface area contributed by atoms with Gasteiger partial charge >= 0.3 is 0 Å². The summed E-state index contributed by atoms with van der Waals surface area (Å²) < 4.78 is 15.9. The Balaban J connectivity index is 1.71. The molecule has 28 heavy (non-hydrogen) atoms. The first-order valence-corrected chi connectivity index (χ1v) is 10.9. The van der Waals surface area contributed by atoms with Gasteiger partial charge in [-0.15, -0.1) is 21.5 Å². The summed E-state index contributed by atoms with van der Waals surface area (Å²) in [5.74, 6) is 1.24. The summed E-state index contributed by atoms with van der Waals surface area (Å²) in [6.07, 6.45) is 0. The molecule has 1 amide bonds. The van der Waals surface area contributed by atoms with Crippen molar-refractivity contribution in [2.24, 2.45) is 5.92 Å². The molecule has 0 saturated heterocycles. The van der Waals surface area contributed by atoms with E-state index in [1.165, 1.54) is 29.2 Å². The van der Waals surface area contributed by atoms with E-state index >= 15 is 0 Å². The van der Waals surface area contributed by atoms with Crippen LogP contribution in [0.2, 0.25) is 0 Å². The third-order valence-electron chi connectivity index (χ3n) is 4.13. The molecule has 0 fully saturated rings. The number of amides is 1. The Bertz CT molecular complexity index is 951. The number of halogens is 1. The van der Waals surface area contributed by atoms with Crippen LogP contribution in [0.5, 0.6) is 0 Å². The molecular formula is C20H23FN4OS2. The largest absolute Gasteiger partial charge is 0.344 e. The second-order valence-electron chi connectivity index (χ2n) is 6.90. The first-order valence-electron chi connectivity index (χ1n) is 9.06. The van der Waals surface area contributed by atoms with E-state index in [9.17, 15) is 9.18 Å². The van der Waals surface area contributed by atoms with Crippen LogP contribution in [-0.2, 0) is 18.8 Å². The summed E-state index contributed by atoms with van der Waals surface area (Å²) in [5, 5.41) is 14.1. The maximum atomic E-state index is 13.9. The van der Waals surface area contributed by atoms with Crippen molar-refractivity contribution in [1.29, 1.82) is 0 Å². The Hall–Kier alpha value is -2.19. The van der Waals surface area contributed by atoms with E-state index in [0.29, 0.717) is 34.5 Å². The second-order valence-corrected chi connectivity index (χ2v) is 8.76.